The first-order valence-corrected chi connectivity index (χ1v) is 9.64. The highest BCUT2D eigenvalue weighted by Crippen LogP contribution is 2.63. The van der Waals surface area contributed by atoms with Crippen molar-refractivity contribution < 1.29 is 0 Å². The van der Waals surface area contributed by atoms with Crippen LogP contribution in [-0.4, -0.2) is 43.9 Å². The Morgan fingerprint density at radius 3 is 2.29 bits per heavy atom. The predicted molar refractivity (Wildman–Crippen MR) is 118 cm³/mol. The fourth-order valence-corrected chi connectivity index (χ4v) is 5.97. The van der Waals surface area contributed by atoms with Crippen LogP contribution in [0.25, 0.3) is 10.9 Å². The van der Waals surface area contributed by atoms with E-state index in [-0.39, 0.29) is 5.92 Å². The Kier molecular flexibility index (Phi) is 4.42. The van der Waals surface area contributed by atoms with Crippen molar-refractivity contribution in [2.24, 2.45) is 0 Å². The number of aromatic nitrogens is 1. The van der Waals surface area contributed by atoms with Gasteiger partial charge >= 0.3 is 0 Å². The molecule has 2 aromatic rings. The third kappa shape index (κ3) is 2.27. The number of likely N-dealkylation sites (tertiary alicyclic amines) is 1. The number of hydrogen-bond donors (Lipinski definition) is 5. The Hall–Kier alpha value is 0.185. The molecule has 0 spiro atoms. The van der Waals surface area contributed by atoms with E-state index in [1.54, 1.807) is 0 Å². The van der Waals surface area contributed by atoms with Gasteiger partial charge in [-0.05, 0) is 38.0 Å². The summed E-state index contributed by atoms with van der Waals surface area (Å²) in [6.07, 6.45) is 2.02. The largest absolute Gasteiger partial charge is 0.361 e. The fourth-order valence-electron chi connectivity index (χ4n) is 3.85. The van der Waals surface area contributed by atoms with E-state index < -0.39 is 19.1 Å². The molecule has 0 saturated carbocycles. The maximum Gasteiger partial charge on any atom is 0.0973 e. The van der Waals surface area contributed by atoms with E-state index in [4.69, 9.17) is 58.4 Å². The van der Waals surface area contributed by atoms with E-state index >= 15 is 0 Å². The molecule has 1 fully saturated rings. The van der Waals surface area contributed by atoms with E-state index in [9.17, 15) is 0 Å². The van der Waals surface area contributed by atoms with Crippen molar-refractivity contribution >= 4 is 69.3 Å². The molecule has 2 nitrogen and oxygen atoms in total. The highest BCUT2D eigenvalue weighted by atomic mass is 32.2. The lowest BCUT2D eigenvalue weighted by Gasteiger charge is -2.67. The Bertz CT molecular complexity index is 754. The average molecular weight is 394 g/mol. The first-order valence-electron chi connectivity index (χ1n) is 7.85. The summed E-state index contributed by atoms with van der Waals surface area (Å²) in [5, 5.41) is 1.14. The zero-order valence-electron chi connectivity index (χ0n) is 14.3. The van der Waals surface area contributed by atoms with Crippen LogP contribution >= 0.6 is 50.5 Å². The summed E-state index contributed by atoms with van der Waals surface area (Å²) >= 11 is 19.9. The van der Waals surface area contributed by atoms with E-state index in [2.05, 4.69) is 24.0 Å². The van der Waals surface area contributed by atoms with Crippen molar-refractivity contribution in [3.05, 3.63) is 36.0 Å². The van der Waals surface area contributed by atoms with Crippen LogP contribution in [0.4, 0.5) is 0 Å². The van der Waals surface area contributed by atoms with Crippen molar-refractivity contribution in [3.8, 4) is 0 Å². The topological polar surface area (TPSA) is 19.0 Å². The van der Waals surface area contributed by atoms with Gasteiger partial charge in [-0.25, -0.2) is 0 Å². The fraction of sp³-hybridized carbons (Fsp3) is 0.529. The zero-order valence-corrected chi connectivity index (χ0v) is 17.9. The van der Waals surface area contributed by atoms with Crippen LogP contribution in [0.3, 0.4) is 0 Å². The lowest BCUT2D eigenvalue weighted by atomic mass is 9.57. The molecule has 1 N–H and O–H groups in total. The van der Waals surface area contributed by atoms with E-state index in [0.717, 1.165) is 16.5 Å². The van der Waals surface area contributed by atoms with Gasteiger partial charge in [-0.15, -0.1) is 0 Å². The van der Waals surface area contributed by atoms with Gasteiger partial charge in [0.2, 0.25) is 0 Å². The van der Waals surface area contributed by atoms with Crippen LogP contribution in [0.5, 0.6) is 0 Å². The molecule has 1 saturated heterocycles. The average Bonchev–Trinajstić information content (AvgIpc) is 2.88. The molecule has 1 aromatic heterocycles. The van der Waals surface area contributed by atoms with Crippen LogP contribution in [0, 0.1) is 0 Å². The summed E-state index contributed by atoms with van der Waals surface area (Å²) in [6.45, 7) is 6.06. The van der Waals surface area contributed by atoms with Gasteiger partial charge in [0, 0.05) is 27.8 Å². The number of piperidine rings is 1. The number of benzene rings is 1. The third-order valence-electron chi connectivity index (χ3n) is 5.97. The quantitative estimate of drug-likeness (QED) is 0.282. The molecule has 128 valence electrons. The van der Waals surface area contributed by atoms with E-state index in [0.29, 0.717) is 0 Å². The van der Waals surface area contributed by atoms with Gasteiger partial charge in [-0.2, -0.15) is 50.5 Å². The molecule has 0 bridgehead atoms. The number of rotatable bonds is 1. The molecule has 4 atom stereocenters. The number of nitrogens with one attached hydrogen (secondary N) is 1. The summed E-state index contributed by atoms with van der Waals surface area (Å²) in [5.41, 5.74) is 1.47. The second kappa shape index (κ2) is 5.59. The van der Waals surface area contributed by atoms with Crippen molar-refractivity contribution in [1.29, 1.82) is 0 Å². The smallest absolute Gasteiger partial charge is 0.0973 e. The minimum atomic E-state index is -0.773. The molecule has 7 heteroatoms. The van der Waals surface area contributed by atoms with Gasteiger partial charge in [0.1, 0.15) is 0 Å². The molecule has 2 radical (unpaired) electrons. The number of aromatic amines is 1. The molecule has 24 heavy (non-hydrogen) atoms. The molecule has 1 aromatic carbocycles. The van der Waals surface area contributed by atoms with E-state index in [1.165, 1.54) is 0 Å². The van der Waals surface area contributed by atoms with Crippen LogP contribution < -0.4 is 0 Å². The molecular weight excluding hydrogens is 371 g/mol. The van der Waals surface area contributed by atoms with Crippen LogP contribution in [-0.2, 0) is 0 Å². The normalized spacial score (nSPS) is 40.1. The van der Waals surface area contributed by atoms with Gasteiger partial charge in [0.15, 0.2) is 0 Å². The minimum Gasteiger partial charge on any atom is -0.361 e. The summed E-state index contributed by atoms with van der Waals surface area (Å²) < 4.78 is -1.37. The van der Waals surface area contributed by atoms with Gasteiger partial charge in [-0.3, -0.25) is 4.90 Å². The highest BCUT2D eigenvalue weighted by molar-refractivity contribution is 8.02. The second-order valence-electron chi connectivity index (χ2n) is 7.32. The first kappa shape index (κ1) is 19.0. The van der Waals surface area contributed by atoms with Gasteiger partial charge in [-0.1, -0.05) is 25.1 Å². The van der Waals surface area contributed by atoms with Crippen molar-refractivity contribution in [1.82, 2.24) is 9.88 Å². The highest BCUT2D eigenvalue weighted by Gasteiger charge is 2.66. The number of H-pyrrole nitrogens is 1. The molecule has 3 rings (SSSR count). The van der Waals surface area contributed by atoms with Crippen LogP contribution in [0.1, 0.15) is 32.3 Å². The van der Waals surface area contributed by atoms with Gasteiger partial charge in [0.25, 0.3) is 0 Å². The molecule has 4 unspecified atom stereocenters. The predicted octanol–water partition coefficient (Wildman–Crippen LogP) is 3.97. The van der Waals surface area contributed by atoms with E-state index in [1.807, 2.05) is 44.1 Å². The molecule has 1 aliphatic rings. The maximum atomic E-state index is 6.76. The lowest BCUT2D eigenvalue weighted by molar-refractivity contribution is 0.0432. The van der Waals surface area contributed by atoms with Crippen LogP contribution in [0.15, 0.2) is 30.5 Å². The molecule has 1 aliphatic heterocycles. The minimum absolute atomic E-state index is 0.148. The number of hydrogen-bond acceptors (Lipinski definition) is 5. The lowest BCUT2D eigenvalue weighted by Crippen LogP contribution is -2.76. The summed E-state index contributed by atoms with van der Waals surface area (Å²) in [5.74, 6) is -0.148. The number of para-hydroxylation sites is 1. The number of fused-ring (bicyclic) bond motifs is 1. The van der Waals surface area contributed by atoms with Gasteiger partial charge in [0.05, 0.1) is 16.8 Å². The monoisotopic (exact) mass is 394 g/mol. The summed E-state index contributed by atoms with van der Waals surface area (Å²) in [6, 6.07) is 8.21. The second-order valence-corrected chi connectivity index (χ2v) is 10.9. The van der Waals surface area contributed by atoms with Crippen LogP contribution in [0.2, 0.25) is 0 Å². The Balaban J connectivity index is 2.31. The maximum absolute atomic E-state index is 6.76. The number of nitrogens with zero attached hydrogens (tertiary/aromatic N) is 1. The first-order chi connectivity index (χ1) is 10.9. The number of thiol groups is 4. The van der Waals surface area contributed by atoms with Gasteiger partial charge < -0.3 is 4.98 Å². The standard InChI is InChI=1S/C17H23BN2S4/c1-14(21)13(11-9-19-12-8-6-5-7-10(11)12)17(23,24)16(3,22)20(4)15(14,2)18/h5-9,13,19,21-24H,1-4H3. The summed E-state index contributed by atoms with van der Waals surface area (Å²) in [7, 11) is 8.71. The molecule has 2 heterocycles. The molecular formula is C17H23BN2S4. The zero-order chi connectivity index (χ0) is 18.1. The molecule has 0 amide bonds. The third-order valence-corrected chi connectivity index (χ3v) is 9.07. The summed E-state index contributed by atoms with van der Waals surface area (Å²) in [4.78, 5) is 4.70. The molecule has 0 aliphatic carbocycles. The Morgan fingerprint density at radius 2 is 1.67 bits per heavy atom. The van der Waals surface area contributed by atoms with Crippen molar-refractivity contribution in [2.75, 3.05) is 7.05 Å². The van der Waals surface area contributed by atoms with Crippen molar-refractivity contribution in [2.45, 2.75) is 45.8 Å². The Morgan fingerprint density at radius 1 is 1.08 bits per heavy atom. The SMILES string of the molecule is [B]C1(C)N(C)C(C)(S)C(S)(S)C(c2c[nH]c3ccccc23)C1(C)S. The van der Waals surface area contributed by atoms with Crippen molar-refractivity contribution in [3.63, 3.8) is 0 Å². The Labute approximate surface area is 167 Å².